The van der Waals surface area contributed by atoms with Crippen molar-refractivity contribution in [3.05, 3.63) is 27.8 Å². The Labute approximate surface area is 241 Å². The molecule has 4 N–H and O–H groups in total. The van der Waals surface area contributed by atoms with Crippen LogP contribution >= 0.6 is 0 Å². The van der Waals surface area contributed by atoms with Gasteiger partial charge in [0.2, 0.25) is 5.43 Å². The molecule has 0 radical (unpaired) electrons. The molecule has 4 rings (SSSR count). The SMILES string of the molecule is CC.CC1COc2c(N)c(F)c(N)c3c(=O)c(C#N)cn1c23.CCCCC(C1CCCCCCC1)C(C)(C)CC. The molecule has 7 heteroatoms. The van der Waals surface area contributed by atoms with Crippen molar-refractivity contribution in [1.82, 2.24) is 4.57 Å². The highest BCUT2D eigenvalue weighted by molar-refractivity contribution is 6.00. The third-order valence-corrected chi connectivity index (χ3v) is 9.00. The highest BCUT2D eigenvalue weighted by Crippen LogP contribution is 2.44. The summed E-state index contributed by atoms with van der Waals surface area (Å²) < 4.78 is 21.1. The van der Waals surface area contributed by atoms with Crippen LogP contribution in [0.15, 0.2) is 11.0 Å². The summed E-state index contributed by atoms with van der Waals surface area (Å²) in [7, 11) is 0. The topological polar surface area (TPSA) is 107 Å². The van der Waals surface area contributed by atoms with E-state index in [0.717, 1.165) is 11.8 Å². The van der Waals surface area contributed by atoms with Gasteiger partial charge in [0.05, 0.1) is 22.6 Å². The Morgan fingerprint density at radius 1 is 1.12 bits per heavy atom. The first-order valence-corrected chi connectivity index (χ1v) is 15.6. The molecular weight excluding hydrogens is 503 g/mol. The van der Waals surface area contributed by atoms with Gasteiger partial charge in [-0.2, -0.15) is 5.26 Å². The van der Waals surface area contributed by atoms with Crippen LogP contribution in [0.3, 0.4) is 0 Å². The van der Waals surface area contributed by atoms with Gasteiger partial charge in [0, 0.05) is 6.20 Å². The Hall–Kier alpha value is -2.75. The van der Waals surface area contributed by atoms with Crippen molar-refractivity contribution in [2.45, 2.75) is 125 Å². The zero-order valence-corrected chi connectivity index (χ0v) is 26.0. The number of hydrogen-bond acceptors (Lipinski definition) is 5. The van der Waals surface area contributed by atoms with E-state index in [1.54, 1.807) is 10.6 Å². The summed E-state index contributed by atoms with van der Waals surface area (Å²) in [4.78, 5) is 12.2. The van der Waals surface area contributed by atoms with Gasteiger partial charge in [-0.3, -0.25) is 4.79 Å². The third-order valence-electron chi connectivity index (χ3n) is 9.00. The number of anilines is 2. The molecule has 2 heterocycles. The van der Waals surface area contributed by atoms with Crippen molar-refractivity contribution in [1.29, 1.82) is 5.26 Å². The van der Waals surface area contributed by atoms with Crippen molar-refractivity contribution in [3.8, 4) is 11.8 Å². The predicted molar refractivity (Wildman–Crippen MR) is 166 cm³/mol. The first-order valence-electron chi connectivity index (χ1n) is 15.6. The Kier molecular flexibility index (Phi) is 12.8. The fourth-order valence-corrected chi connectivity index (χ4v) is 6.29. The van der Waals surface area contributed by atoms with Gasteiger partial charge < -0.3 is 20.8 Å². The number of nitriles is 1. The summed E-state index contributed by atoms with van der Waals surface area (Å²) in [5.74, 6) is 1.21. The van der Waals surface area contributed by atoms with Gasteiger partial charge in [-0.15, -0.1) is 0 Å². The number of nitrogens with two attached hydrogens (primary N) is 2. The highest BCUT2D eigenvalue weighted by atomic mass is 19.1. The summed E-state index contributed by atoms with van der Waals surface area (Å²) in [6.45, 7) is 15.9. The Morgan fingerprint density at radius 2 is 1.73 bits per heavy atom. The van der Waals surface area contributed by atoms with Crippen LogP contribution in [0.2, 0.25) is 0 Å². The number of pyridine rings is 1. The lowest BCUT2D eigenvalue weighted by Crippen LogP contribution is -2.31. The van der Waals surface area contributed by atoms with E-state index in [0.29, 0.717) is 10.9 Å². The minimum atomic E-state index is -0.888. The van der Waals surface area contributed by atoms with Crippen molar-refractivity contribution >= 4 is 22.3 Å². The summed E-state index contributed by atoms with van der Waals surface area (Å²) in [6.07, 6.45) is 17.5. The standard InChI is InChI=1S/C18H36.C13H11FN4O2.C2H6/c1-5-7-15-17(18(3,4)6-2)16-13-11-9-8-10-12-14-16;1-5-4-20-13-10(17)8(14)9(16)7-11(13)18(5)3-6(2-15)12(7)19;1-2/h16-17H,5-15H2,1-4H3;3,5H,4,16-17H2,1H3;1-2H3. The zero-order chi connectivity index (χ0) is 30.0. The van der Waals surface area contributed by atoms with Crippen LogP contribution < -0.4 is 21.6 Å². The van der Waals surface area contributed by atoms with Crippen molar-refractivity contribution in [3.63, 3.8) is 0 Å². The lowest BCUT2D eigenvalue weighted by molar-refractivity contribution is 0.1000. The maximum atomic E-state index is 14.0. The maximum absolute atomic E-state index is 14.0. The normalized spacial score (nSPS) is 18.1. The van der Waals surface area contributed by atoms with Crippen LogP contribution in [-0.4, -0.2) is 11.2 Å². The first-order chi connectivity index (χ1) is 19.1. The minimum absolute atomic E-state index is 0.0581. The number of benzene rings is 1. The number of nitrogens with zero attached hydrogens (tertiary/aromatic N) is 2. The lowest BCUT2D eigenvalue weighted by atomic mass is 9.65. The van der Waals surface area contributed by atoms with Crippen LogP contribution in [-0.2, 0) is 0 Å². The number of halogens is 1. The smallest absolute Gasteiger partial charge is 0.209 e. The summed E-state index contributed by atoms with van der Waals surface area (Å²) >= 11 is 0. The lowest BCUT2D eigenvalue weighted by Gasteiger charge is -2.40. The molecule has 2 unspecified atom stereocenters. The van der Waals surface area contributed by atoms with Crippen LogP contribution in [0.25, 0.3) is 10.9 Å². The molecule has 0 bridgehead atoms. The molecule has 1 saturated carbocycles. The van der Waals surface area contributed by atoms with E-state index in [1.807, 2.05) is 20.8 Å². The second-order valence-corrected chi connectivity index (χ2v) is 11.9. The zero-order valence-electron chi connectivity index (χ0n) is 26.0. The van der Waals surface area contributed by atoms with E-state index >= 15 is 0 Å². The molecule has 0 saturated heterocycles. The van der Waals surface area contributed by atoms with Crippen LogP contribution in [0.4, 0.5) is 15.8 Å². The first kappa shape index (κ1) is 33.5. The molecule has 6 nitrogen and oxygen atoms in total. The second-order valence-electron chi connectivity index (χ2n) is 11.9. The molecule has 1 aliphatic heterocycles. The van der Waals surface area contributed by atoms with Gasteiger partial charge in [-0.25, -0.2) is 4.39 Å². The fourth-order valence-electron chi connectivity index (χ4n) is 6.29. The Bertz CT molecular complexity index is 1210. The molecule has 2 aliphatic rings. The van der Waals surface area contributed by atoms with Crippen LogP contribution in [0.1, 0.15) is 131 Å². The molecule has 1 aliphatic carbocycles. The molecule has 1 fully saturated rings. The number of unbranched alkanes of at least 4 members (excludes halogenated alkanes) is 1. The third kappa shape index (κ3) is 7.30. The van der Waals surface area contributed by atoms with E-state index in [9.17, 15) is 9.18 Å². The summed E-state index contributed by atoms with van der Waals surface area (Å²) in [5.41, 5.74) is 11.0. The van der Waals surface area contributed by atoms with Gasteiger partial charge in [-0.05, 0) is 30.6 Å². The quantitative estimate of drug-likeness (QED) is 0.346. The Morgan fingerprint density at radius 3 is 2.27 bits per heavy atom. The molecular formula is C33H53FN4O2. The van der Waals surface area contributed by atoms with E-state index in [4.69, 9.17) is 21.5 Å². The van der Waals surface area contributed by atoms with E-state index in [1.165, 1.54) is 76.8 Å². The number of aromatic nitrogens is 1. The van der Waals surface area contributed by atoms with E-state index in [-0.39, 0.29) is 40.7 Å². The van der Waals surface area contributed by atoms with Crippen molar-refractivity contribution < 1.29 is 9.13 Å². The average Bonchev–Trinajstić information content (AvgIpc) is 2.93. The van der Waals surface area contributed by atoms with E-state index in [2.05, 4.69) is 27.7 Å². The molecule has 2 atom stereocenters. The molecule has 1 aromatic heterocycles. The Balaban J connectivity index is 0.000000266. The van der Waals surface area contributed by atoms with Crippen molar-refractivity contribution in [2.75, 3.05) is 18.1 Å². The largest absolute Gasteiger partial charge is 0.487 e. The van der Waals surface area contributed by atoms with E-state index < -0.39 is 11.2 Å². The predicted octanol–water partition coefficient (Wildman–Crippen LogP) is 8.75. The summed E-state index contributed by atoms with van der Waals surface area (Å²) in [6, 6.07) is 1.68. The maximum Gasteiger partial charge on any atom is 0.209 e. The number of rotatable bonds is 6. The van der Waals surface area contributed by atoms with Crippen LogP contribution in [0, 0.1) is 34.4 Å². The fraction of sp³-hybridized carbons (Fsp3) is 0.697. The van der Waals surface area contributed by atoms with Gasteiger partial charge in [0.15, 0.2) is 11.6 Å². The second kappa shape index (κ2) is 15.3. The molecule has 0 amide bonds. The van der Waals surface area contributed by atoms with Gasteiger partial charge in [0.25, 0.3) is 0 Å². The molecule has 1 aromatic carbocycles. The van der Waals surface area contributed by atoms with Crippen LogP contribution in [0.5, 0.6) is 5.75 Å². The average molecular weight is 557 g/mol. The minimum Gasteiger partial charge on any atom is -0.487 e. The summed E-state index contributed by atoms with van der Waals surface area (Å²) in [5, 5.41) is 8.97. The highest BCUT2D eigenvalue weighted by Gasteiger charge is 2.33. The monoisotopic (exact) mass is 556 g/mol. The van der Waals surface area contributed by atoms with Gasteiger partial charge in [0.1, 0.15) is 23.9 Å². The molecule has 40 heavy (non-hydrogen) atoms. The molecule has 2 aromatic rings. The van der Waals surface area contributed by atoms with Crippen molar-refractivity contribution in [2.24, 2.45) is 17.3 Å². The van der Waals surface area contributed by atoms with Gasteiger partial charge in [-0.1, -0.05) is 106 Å². The number of ether oxygens (including phenoxy) is 1. The number of hydrogen-bond donors (Lipinski definition) is 2. The van der Waals surface area contributed by atoms with Gasteiger partial charge >= 0.3 is 0 Å². The molecule has 224 valence electrons. The number of nitrogen functional groups attached to an aromatic ring is 2. The molecule has 0 spiro atoms.